The zero-order chi connectivity index (χ0) is 17.9. The molecule has 0 bridgehead atoms. The van der Waals surface area contributed by atoms with Crippen LogP contribution in [0.15, 0.2) is 39.7 Å². The summed E-state index contributed by atoms with van der Waals surface area (Å²) in [5.41, 5.74) is 3.34. The molecule has 8 heteroatoms. The van der Waals surface area contributed by atoms with Gasteiger partial charge in [0.1, 0.15) is 17.2 Å². The van der Waals surface area contributed by atoms with Gasteiger partial charge in [-0.2, -0.15) is 5.10 Å². The fourth-order valence-electron chi connectivity index (χ4n) is 3.36. The van der Waals surface area contributed by atoms with E-state index in [0.29, 0.717) is 12.2 Å². The van der Waals surface area contributed by atoms with E-state index < -0.39 is 0 Å². The molecule has 136 valence electrons. The normalized spacial score (nSPS) is 17.2. The summed E-state index contributed by atoms with van der Waals surface area (Å²) in [6.07, 6.45) is 2.66. The lowest BCUT2D eigenvalue weighted by atomic mass is 10.1. The molecule has 7 nitrogen and oxygen atoms in total. The Kier molecular flexibility index (Phi) is 4.85. The van der Waals surface area contributed by atoms with Crippen LogP contribution in [0, 0.1) is 6.92 Å². The Morgan fingerprint density at radius 3 is 3.12 bits per heavy atom. The molecular formula is C18H21N5O2S. The van der Waals surface area contributed by atoms with Gasteiger partial charge in [0, 0.05) is 31.2 Å². The van der Waals surface area contributed by atoms with Gasteiger partial charge < -0.3 is 9.73 Å². The maximum atomic E-state index is 12.0. The van der Waals surface area contributed by atoms with Gasteiger partial charge in [-0.1, -0.05) is 0 Å². The standard InChI is InChI=1S/C18H21N5O2S/c1-13-2-3-16(25-13)10-22-8-14(23-15(9-22)5-7-21-23)4-6-19-18(24)17-11-26-12-20-17/h2-3,5,7,11-12,14H,4,6,8-10H2,1H3,(H,19,24)/t14-/m0/s1. The summed E-state index contributed by atoms with van der Waals surface area (Å²) >= 11 is 1.42. The van der Waals surface area contributed by atoms with Gasteiger partial charge in [-0.05, 0) is 31.5 Å². The number of furan rings is 1. The van der Waals surface area contributed by atoms with Gasteiger partial charge in [-0.3, -0.25) is 14.4 Å². The molecule has 1 amide bonds. The monoisotopic (exact) mass is 371 g/mol. The summed E-state index contributed by atoms with van der Waals surface area (Å²) in [6, 6.07) is 6.31. The number of nitrogens with zero attached hydrogens (tertiary/aromatic N) is 4. The zero-order valence-electron chi connectivity index (χ0n) is 14.6. The second kappa shape index (κ2) is 7.43. The number of hydrogen-bond acceptors (Lipinski definition) is 6. The highest BCUT2D eigenvalue weighted by atomic mass is 32.1. The van der Waals surface area contributed by atoms with Gasteiger partial charge in [0.15, 0.2) is 0 Å². The number of carbonyl (C=O) groups excluding carboxylic acids is 1. The summed E-state index contributed by atoms with van der Waals surface area (Å²) < 4.78 is 7.80. The third-order valence-corrected chi connectivity index (χ3v) is 5.14. The minimum absolute atomic E-state index is 0.120. The largest absolute Gasteiger partial charge is 0.465 e. The van der Waals surface area contributed by atoms with Crippen molar-refractivity contribution >= 4 is 17.2 Å². The van der Waals surface area contributed by atoms with E-state index in [2.05, 4.69) is 31.0 Å². The molecule has 0 unspecified atom stereocenters. The molecule has 0 aromatic carbocycles. The number of thiazole rings is 1. The maximum Gasteiger partial charge on any atom is 0.270 e. The van der Waals surface area contributed by atoms with Crippen molar-refractivity contribution in [1.29, 1.82) is 0 Å². The highest BCUT2D eigenvalue weighted by molar-refractivity contribution is 7.07. The van der Waals surface area contributed by atoms with Gasteiger partial charge in [0.05, 0.1) is 23.8 Å². The molecule has 0 saturated carbocycles. The van der Waals surface area contributed by atoms with E-state index in [9.17, 15) is 4.79 Å². The molecule has 0 saturated heterocycles. The highest BCUT2D eigenvalue weighted by Gasteiger charge is 2.26. The first-order valence-electron chi connectivity index (χ1n) is 8.65. The lowest BCUT2D eigenvalue weighted by Crippen LogP contribution is -2.38. The minimum atomic E-state index is -0.120. The number of fused-ring (bicyclic) bond motifs is 1. The fraction of sp³-hybridized carbons (Fsp3) is 0.389. The van der Waals surface area contributed by atoms with Crippen molar-refractivity contribution in [2.24, 2.45) is 0 Å². The lowest BCUT2D eigenvalue weighted by molar-refractivity contribution is 0.0942. The molecule has 0 radical (unpaired) electrons. The predicted octanol–water partition coefficient (Wildman–Crippen LogP) is 2.62. The summed E-state index contributed by atoms with van der Waals surface area (Å²) in [6.45, 7) is 5.06. The van der Waals surface area contributed by atoms with Crippen molar-refractivity contribution in [3.63, 3.8) is 0 Å². The molecule has 4 heterocycles. The van der Waals surface area contributed by atoms with E-state index in [1.807, 2.05) is 25.3 Å². The number of aryl methyl sites for hydroxylation is 1. The second-order valence-corrected chi connectivity index (χ2v) is 7.24. The molecule has 4 rings (SSSR count). The molecule has 26 heavy (non-hydrogen) atoms. The Hall–Kier alpha value is -2.45. The number of amides is 1. The Morgan fingerprint density at radius 1 is 1.42 bits per heavy atom. The lowest BCUT2D eigenvalue weighted by Gasteiger charge is -2.33. The van der Waals surface area contributed by atoms with Gasteiger partial charge in [0.25, 0.3) is 5.91 Å². The van der Waals surface area contributed by atoms with Crippen molar-refractivity contribution in [2.75, 3.05) is 13.1 Å². The third kappa shape index (κ3) is 3.71. The Labute approximate surface area is 155 Å². The Morgan fingerprint density at radius 2 is 2.35 bits per heavy atom. The van der Waals surface area contributed by atoms with Crippen LogP contribution in [0.2, 0.25) is 0 Å². The van der Waals surface area contributed by atoms with Crippen LogP contribution < -0.4 is 5.32 Å². The maximum absolute atomic E-state index is 12.0. The highest BCUT2D eigenvalue weighted by Crippen LogP contribution is 2.24. The Bertz CT molecular complexity index is 870. The number of rotatable bonds is 6. The first-order chi connectivity index (χ1) is 12.7. The van der Waals surface area contributed by atoms with Crippen LogP contribution in [0.25, 0.3) is 0 Å². The molecule has 0 spiro atoms. The van der Waals surface area contributed by atoms with Crippen LogP contribution >= 0.6 is 11.3 Å². The Balaban J connectivity index is 1.37. The molecule has 1 aliphatic heterocycles. The van der Waals surface area contributed by atoms with E-state index in [0.717, 1.165) is 37.6 Å². The van der Waals surface area contributed by atoms with E-state index in [1.54, 1.807) is 10.9 Å². The summed E-state index contributed by atoms with van der Waals surface area (Å²) in [4.78, 5) is 18.4. The summed E-state index contributed by atoms with van der Waals surface area (Å²) in [7, 11) is 0. The van der Waals surface area contributed by atoms with Gasteiger partial charge in [-0.25, -0.2) is 4.98 Å². The van der Waals surface area contributed by atoms with Crippen molar-refractivity contribution in [2.45, 2.75) is 32.5 Å². The average molecular weight is 371 g/mol. The van der Waals surface area contributed by atoms with Gasteiger partial charge in [0.2, 0.25) is 0 Å². The number of nitrogens with one attached hydrogen (secondary N) is 1. The molecule has 1 N–H and O–H groups in total. The predicted molar refractivity (Wildman–Crippen MR) is 97.9 cm³/mol. The molecular weight excluding hydrogens is 350 g/mol. The van der Waals surface area contributed by atoms with Crippen molar-refractivity contribution in [1.82, 2.24) is 25.0 Å². The number of hydrogen-bond donors (Lipinski definition) is 1. The quantitative estimate of drug-likeness (QED) is 0.721. The van der Waals surface area contributed by atoms with Crippen LogP contribution in [0.1, 0.15) is 40.2 Å². The third-order valence-electron chi connectivity index (χ3n) is 4.56. The van der Waals surface area contributed by atoms with Crippen LogP contribution in [0.4, 0.5) is 0 Å². The van der Waals surface area contributed by atoms with Crippen molar-refractivity contribution in [3.8, 4) is 0 Å². The molecule has 0 aliphatic carbocycles. The van der Waals surface area contributed by atoms with E-state index in [-0.39, 0.29) is 11.9 Å². The molecule has 3 aromatic heterocycles. The summed E-state index contributed by atoms with van der Waals surface area (Å²) in [5.74, 6) is 1.79. The van der Waals surface area contributed by atoms with E-state index in [4.69, 9.17) is 4.42 Å². The van der Waals surface area contributed by atoms with Gasteiger partial charge in [-0.15, -0.1) is 11.3 Å². The average Bonchev–Trinajstić information content (AvgIpc) is 3.36. The van der Waals surface area contributed by atoms with E-state index >= 15 is 0 Å². The number of aromatic nitrogens is 3. The zero-order valence-corrected chi connectivity index (χ0v) is 15.4. The van der Waals surface area contributed by atoms with Crippen molar-refractivity contribution < 1.29 is 9.21 Å². The van der Waals surface area contributed by atoms with Crippen LogP contribution in [0.3, 0.4) is 0 Å². The number of carbonyl (C=O) groups is 1. The first kappa shape index (κ1) is 17.0. The topological polar surface area (TPSA) is 76.2 Å². The molecule has 0 fully saturated rings. The second-order valence-electron chi connectivity index (χ2n) is 6.52. The minimum Gasteiger partial charge on any atom is -0.465 e. The smallest absolute Gasteiger partial charge is 0.270 e. The van der Waals surface area contributed by atoms with Crippen LogP contribution in [0.5, 0.6) is 0 Å². The molecule has 1 aliphatic rings. The van der Waals surface area contributed by atoms with Crippen LogP contribution in [-0.4, -0.2) is 38.7 Å². The van der Waals surface area contributed by atoms with Crippen LogP contribution in [-0.2, 0) is 13.1 Å². The fourth-order valence-corrected chi connectivity index (χ4v) is 3.89. The van der Waals surface area contributed by atoms with Gasteiger partial charge >= 0.3 is 0 Å². The summed E-state index contributed by atoms with van der Waals surface area (Å²) in [5, 5.41) is 9.18. The first-order valence-corrected chi connectivity index (χ1v) is 9.60. The van der Waals surface area contributed by atoms with E-state index in [1.165, 1.54) is 17.0 Å². The SMILES string of the molecule is Cc1ccc(CN2Cc3ccnn3[C@@H](CCNC(=O)c3cscn3)C2)o1. The molecule has 3 aromatic rings. The van der Waals surface area contributed by atoms with Crippen molar-refractivity contribution in [3.05, 3.63) is 58.2 Å². The molecule has 1 atom stereocenters.